The summed E-state index contributed by atoms with van der Waals surface area (Å²) in [4.78, 5) is 30.0. The maximum atomic E-state index is 13.3. The van der Waals surface area contributed by atoms with E-state index in [2.05, 4.69) is 9.71 Å². The van der Waals surface area contributed by atoms with Gasteiger partial charge in [-0.2, -0.15) is 4.72 Å². The summed E-state index contributed by atoms with van der Waals surface area (Å²) < 4.78 is 29.0. The van der Waals surface area contributed by atoms with Gasteiger partial charge in [0.05, 0.1) is 11.4 Å². The number of carbonyl (C=O) groups excluding carboxylic acids is 1. The third-order valence-corrected chi connectivity index (χ3v) is 7.29. The first-order valence-electron chi connectivity index (χ1n) is 9.81. The number of benzene rings is 2. The van der Waals surface area contributed by atoms with Crippen molar-refractivity contribution in [1.82, 2.24) is 14.6 Å². The van der Waals surface area contributed by atoms with Gasteiger partial charge in [0.15, 0.2) is 0 Å². The van der Waals surface area contributed by atoms with E-state index in [9.17, 15) is 18.0 Å². The fraction of sp³-hybridized carbons (Fsp3) is 0.130. The summed E-state index contributed by atoms with van der Waals surface area (Å²) >= 11 is 1.53. The highest BCUT2D eigenvalue weighted by Crippen LogP contribution is 2.23. The first kappa shape index (κ1) is 21.9. The van der Waals surface area contributed by atoms with Crippen molar-refractivity contribution in [2.45, 2.75) is 17.5 Å². The number of thiophene rings is 1. The lowest BCUT2D eigenvalue weighted by atomic mass is 10.1. The zero-order valence-corrected chi connectivity index (χ0v) is 18.8. The molecule has 164 valence electrons. The zero-order valence-electron chi connectivity index (χ0n) is 17.2. The van der Waals surface area contributed by atoms with E-state index in [0.717, 1.165) is 4.88 Å². The molecule has 0 fully saturated rings. The van der Waals surface area contributed by atoms with Crippen molar-refractivity contribution < 1.29 is 13.2 Å². The zero-order chi connectivity index (χ0) is 22.7. The van der Waals surface area contributed by atoms with Crippen LogP contribution in [0.3, 0.4) is 0 Å². The van der Waals surface area contributed by atoms with Crippen LogP contribution in [0.2, 0.25) is 0 Å². The molecule has 1 amide bonds. The molecule has 2 aromatic carbocycles. The summed E-state index contributed by atoms with van der Waals surface area (Å²) in [7, 11) is -2.39. The molecule has 0 aliphatic rings. The Bertz CT molecular complexity index is 1400. The lowest BCUT2D eigenvalue weighted by Crippen LogP contribution is -2.41. The van der Waals surface area contributed by atoms with Crippen LogP contribution in [0.4, 0.5) is 0 Å². The predicted molar refractivity (Wildman–Crippen MR) is 125 cm³/mol. The number of hydrogen-bond acceptors (Lipinski definition) is 5. The molecule has 2 N–H and O–H groups in total. The molecule has 4 aromatic rings. The van der Waals surface area contributed by atoms with E-state index in [1.165, 1.54) is 40.5 Å². The van der Waals surface area contributed by atoms with Gasteiger partial charge in [0.1, 0.15) is 6.04 Å². The molecular weight excluding hydrogens is 446 g/mol. The number of H-pyrrole nitrogens is 1. The number of aromatic nitrogens is 1. The van der Waals surface area contributed by atoms with Crippen molar-refractivity contribution in [3.63, 3.8) is 0 Å². The molecule has 0 radical (unpaired) electrons. The summed E-state index contributed by atoms with van der Waals surface area (Å²) in [6.45, 7) is 0.380. The fourth-order valence-corrected chi connectivity index (χ4v) is 5.33. The fourth-order valence-electron chi connectivity index (χ4n) is 3.36. The Kier molecular flexibility index (Phi) is 6.22. The molecule has 4 rings (SSSR count). The molecule has 9 heteroatoms. The van der Waals surface area contributed by atoms with Crippen LogP contribution in [0, 0.1) is 0 Å². The predicted octanol–water partition coefficient (Wildman–Crippen LogP) is 3.27. The van der Waals surface area contributed by atoms with E-state index in [1.54, 1.807) is 43.4 Å². The van der Waals surface area contributed by atoms with Gasteiger partial charge < -0.3 is 9.88 Å². The third-order valence-electron chi connectivity index (χ3n) is 5.01. The Morgan fingerprint density at radius 1 is 1.06 bits per heavy atom. The largest absolute Gasteiger partial charge is 0.339 e. The molecule has 0 saturated carbocycles. The summed E-state index contributed by atoms with van der Waals surface area (Å²) in [6, 6.07) is 18.8. The Labute approximate surface area is 189 Å². The summed E-state index contributed by atoms with van der Waals surface area (Å²) in [5, 5.41) is 2.50. The van der Waals surface area contributed by atoms with Gasteiger partial charge in [0.2, 0.25) is 21.5 Å². The molecule has 2 aromatic heterocycles. The smallest absolute Gasteiger partial charge is 0.248 e. The van der Waals surface area contributed by atoms with Gasteiger partial charge in [0, 0.05) is 23.5 Å². The van der Waals surface area contributed by atoms with Crippen LogP contribution >= 0.6 is 11.3 Å². The van der Waals surface area contributed by atoms with E-state index in [1.807, 2.05) is 17.5 Å². The van der Waals surface area contributed by atoms with Crippen LogP contribution in [0.25, 0.3) is 10.9 Å². The number of fused-ring (bicyclic) bond motifs is 1. The molecule has 32 heavy (non-hydrogen) atoms. The van der Waals surface area contributed by atoms with E-state index >= 15 is 0 Å². The van der Waals surface area contributed by atoms with Crippen LogP contribution in [-0.2, 0) is 21.4 Å². The van der Waals surface area contributed by atoms with Crippen molar-refractivity contribution in [1.29, 1.82) is 0 Å². The number of nitrogens with zero attached hydrogens (tertiary/aromatic N) is 1. The van der Waals surface area contributed by atoms with Crippen molar-refractivity contribution in [3.8, 4) is 0 Å². The minimum Gasteiger partial charge on any atom is -0.339 e. The van der Waals surface area contributed by atoms with Gasteiger partial charge >= 0.3 is 0 Å². The number of aromatic amines is 1. The number of sulfonamides is 1. The topological polar surface area (TPSA) is 99.3 Å². The summed E-state index contributed by atoms with van der Waals surface area (Å²) in [6.07, 6.45) is 0. The highest BCUT2D eigenvalue weighted by Gasteiger charge is 2.29. The minimum atomic E-state index is -4.04. The Morgan fingerprint density at radius 2 is 1.84 bits per heavy atom. The first-order valence-corrected chi connectivity index (χ1v) is 12.2. The number of nitrogens with one attached hydrogen (secondary N) is 2. The molecule has 7 nitrogen and oxygen atoms in total. The number of pyridine rings is 1. The standard InChI is InChI=1S/C23H21N3O4S2/c1-26(15-18-8-5-13-31-18)23(28)22(16-6-3-2-4-7-16)25-32(29,30)19-10-11-20-17(14-19)9-12-21(27)24-20/h2-14,22,25H,15H2,1H3,(H,24,27)/t22-/m1/s1. The second-order valence-corrected chi connectivity index (χ2v) is 10.1. The van der Waals surface area contributed by atoms with E-state index in [4.69, 9.17) is 0 Å². The van der Waals surface area contributed by atoms with Crippen molar-refractivity contribution in [2.24, 2.45) is 0 Å². The third kappa shape index (κ3) is 4.80. The average molecular weight is 468 g/mol. The molecular formula is C23H21N3O4S2. The van der Waals surface area contributed by atoms with Gasteiger partial charge in [-0.1, -0.05) is 36.4 Å². The highest BCUT2D eigenvalue weighted by molar-refractivity contribution is 7.89. The molecule has 0 spiro atoms. The van der Waals surface area contributed by atoms with Gasteiger partial charge in [0.25, 0.3) is 0 Å². The Morgan fingerprint density at radius 3 is 2.56 bits per heavy atom. The number of likely N-dealkylation sites (N-methyl/N-ethyl adjacent to an activating group) is 1. The average Bonchev–Trinajstić information content (AvgIpc) is 3.30. The van der Waals surface area contributed by atoms with Crippen LogP contribution in [-0.4, -0.2) is 31.3 Å². The van der Waals surface area contributed by atoms with Crippen LogP contribution in [0.1, 0.15) is 16.5 Å². The molecule has 0 bridgehead atoms. The molecule has 0 aliphatic carbocycles. The SMILES string of the molecule is CN(Cc1cccs1)C(=O)[C@H](NS(=O)(=O)c1ccc2[nH]c(=O)ccc2c1)c1ccccc1. The van der Waals surface area contributed by atoms with Gasteiger partial charge in [-0.3, -0.25) is 9.59 Å². The molecule has 0 aliphatic heterocycles. The second-order valence-electron chi connectivity index (χ2n) is 7.31. The summed E-state index contributed by atoms with van der Waals surface area (Å²) in [5.41, 5.74) is 0.807. The monoisotopic (exact) mass is 467 g/mol. The molecule has 1 atom stereocenters. The lowest BCUT2D eigenvalue weighted by molar-refractivity contribution is -0.132. The van der Waals surface area contributed by atoms with Crippen molar-refractivity contribution >= 4 is 38.2 Å². The van der Waals surface area contributed by atoms with Crippen molar-refractivity contribution in [3.05, 3.63) is 99.0 Å². The van der Waals surface area contributed by atoms with E-state index in [-0.39, 0.29) is 16.4 Å². The maximum Gasteiger partial charge on any atom is 0.248 e. The Hall–Kier alpha value is -3.27. The van der Waals surface area contributed by atoms with E-state index < -0.39 is 16.1 Å². The normalized spacial score (nSPS) is 12.5. The van der Waals surface area contributed by atoms with Crippen LogP contribution in [0.15, 0.2) is 87.9 Å². The van der Waals surface area contributed by atoms with Crippen molar-refractivity contribution in [2.75, 3.05) is 7.05 Å². The second kappa shape index (κ2) is 9.07. The first-order chi connectivity index (χ1) is 15.3. The van der Waals surface area contributed by atoms with Gasteiger partial charge in [-0.25, -0.2) is 8.42 Å². The maximum absolute atomic E-state index is 13.3. The molecule has 2 heterocycles. The quantitative estimate of drug-likeness (QED) is 0.436. The van der Waals surface area contributed by atoms with Crippen LogP contribution in [0.5, 0.6) is 0 Å². The number of amides is 1. The molecule has 0 saturated heterocycles. The van der Waals surface area contributed by atoms with Gasteiger partial charge in [-0.15, -0.1) is 11.3 Å². The lowest BCUT2D eigenvalue weighted by Gasteiger charge is -2.24. The Balaban J connectivity index is 1.66. The van der Waals surface area contributed by atoms with E-state index in [0.29, 0.717) is 23.0 Å². The molecule has 0 unspecified atom stereocenters. The summed E-state index contributed by atoms with van der Waals surface area (Å²) in [5.74, 6) is -0.363. The van der Waals surface area contributed by atoms with Gasteiger partial charge in [-0.05, 0) is 46.7 Å². The van der Waals surface area contributed by atoms with Crippen LogP contribution < -0.4 is 10.3 Å². The minimum absolute atomic E-state index is 0.00619. The number of rotatable bonds is 7. The highest BCUT2D eigenvalue weighted by atomic mass is 32.2. The number of carbonyl (C=O) groups is 1. The number of hydrogen-bond donors (Lipinski definition) is 2.